The highest BCUT2D eigenvalue weighted by molar-refractivity contribution is 7.89. The summed E-state index contributed by atoms with van der Waals surface area (Å²) < 4.78 is 27.0. The maximum absolute atomic E-state index is 12.9. The van der Waals surface area contributed by atoms with Crippen LogP contribution in [0.5, 0.6) is 0 Å². The number of benzene rings is 2. The number of sulfonamides is 1. The van der Waals surface area contributed by atoms with Crippen molar-refractivity contribution in [3.63, 3.8) is 0 Å². The van der Waals surface area contributed by atoms with Crippen LogP contribution in [-0.4, -0.2) is 56.8 Å². The number of rotatable bonds is 4. The van der Waals surface area contributed by atoms with Crippen LogP contribution in [0.4, 0.5) is 5.69 Å². The summed E-state index contributed by atoms with van der Waals surface area (Å²) in [5, 5.41) is 0. The number of hydrogen-bond acceptors (Lipinski definition) is 4. The van der Waals surface area contributed by atoms with Crippen LogP contribution in [0.3, 0.4) is 0 Å². The first-order valence-electron chi connectivity index (χ1n) is 9.30. The maximum atomic E-state index is 12.9. The Morgan fingerprint density at radius 1 is 0.857 bits per heavy atom. The molecule has 2 saturated heterocycles. The maximum Gasteiger partial charge on any atom is 0.292 e. The van der Waals surface area contributed by atoms with Gasteiger partial charge < -0.3 is 4.90 Å². The molecular formula is C20H22N3O4S+. The molecule has 2 aliphatic rings. The molecule has 1 atom stereocenters. The van der Waals surface area contributed by atoms with E-state index in [0.717, 1.165) is 4.90 Å². The lowest BCUT2D eigenvalue weighted by molar-refractivity contribution is -0.918. The Labute approximate surface area is 164 Å². The lowest BCUT2D eigenvalue weighted by atomic mass is 10.2. The number of nitrogens with one attached hydrogen (secondary N) is 1. The Hall–Kier alpha value is -2.55. The monoisotopic (exact) mass is 400 g/mol. The summed E-state index contributed by atoms with van der Waals surface area (Å²) in [6.45, 7) is 1.66. The molecule has 0 aliphatic carbocycles. The first kappa shape index (κ1) is 18.8. The molecular weight excluding hydrogens is 378 g/mol. The van der Waals surface area contributed by atoms with Crippen LogP contribution in [-0.2, 0) is 19.6 Å². The Morgan fingerprint density at radius 2 is 1.43 bits per heavy atom. The largest absolute Gasteiger partial charge is 0.322 e. The van der Waals surface area contributed by atoms with E-state index in [4.69, 9.17) is 0 Å². The van der Waals surface area contributed by atoms with E-state index in [1.54, 1.807) is 54.6 Å². The number of para-hydroxylation sites is 1. The normalized spacial score (nSPS) is 22.0. The van der Waals surface area contributed by atoms with Crippen molar-refractivity contribution in [3.05, 3.63) is 60.7 Å². The molecule has 7 nitrogen and oxygen atoms in total. The van der Waals surface area contributed by atoms with Gasteiger partial charge in [-0.3, -0.25) is 9.59 Å². The van der Waals surface area contributed by atoms with E-state index in [1.165, 1.54) is 9.21 Å². The highest BCUT2D eigenvalue weighted by Crippen LogP contribution is 2.22. The Morgan fingerprint density at radius 3 is 2.04 bits per heavy atom. The van der Waals surface area contributed by atoms with Crippen molar-refractivity contribution in [2.45, 2.75) is 17.4 Å². The molecule has 2 fully saturated rings. The van der Waals surface area contributed by atoms with Gasteiger partial charge in [0.25, 0.3) is 5.91 Å². The van der Waals surface area contributed by atoms with E-state index in [-0.39, 0.29) is 23.1 Å². The SMILES string of the molecule is O=C1C[C@H]([NH+]2CCN(S(=O)(=O)c3ccccc3)CC2)C(=O)N1c1ccccc1. The first-order valence-corrected chi connectivity index (χ1v) is 10.7. The lowest BCUT2D eigenvalue weighted by Crippen LogP contribution is -3.19. The molecule has 2 aromatic rings. The Balaban J connectivity index is 1.45. The van der Waals surface area contributed by atoms with Crippen molar-refractivity contribution >= 4 is 27.5 Å². The predicted octanol–water partition coefficient (Wildman–Crippen LogP) is -0.0921. The van der Waals surface area contributed by atoms with Gasteiger partial charge in [0.2, 0.25) is 15.9 Å². The second kappa shape index (κ2) is 7.46. The molecule has 0 aromatic heterocycles. The minimum Gasteiger partial charge on any atom is -0.322 e. The van der Waals surface area contributed by atoms with Gasteiger partial charge in [0.1, 0.15) is 0 Å². The summed E-state index contributed by atoms with van der Waals surface area (Å²) >= 11 is 0. The molecule has 0 spiro atoms. The van der Waals surface area contributed by atoms with Crippen LogP contribution >= 0.6 is 0 Å². The third-order valence-corrected chi connectivity index (χ3v) is 7.31. The van der Waals surface area contributed by atoms with Gasteiger partial charge in [0.15, 0.2) is 6.04 Å². The topological polar surface area (TPSA) is 79.2 Å². The second-order valence-corrected chi connectivity index (χ2v) is 8.97. The third kappa shape index (κ3) is 3.34. The van der Waals surface area contributed by atoms with E-state index in [0.29, 0.717) is 31.9 Å². The molecule has 28 heavy (non-hydrogen) atoms. The predicted molar refractivity (Wildman–Crippen MR) is 103 cm³/mol. The summed E-state index contributed by atoms with van der Waals surface area (Å²) in [4.78, 5) is 27.8. The minimum absolute atomic E-state index is 0.161. The van der Waals surface area contributed by atoms with Crippen LogP contribution < -0.4 is 9.80 Å². The van der Waals surface area contributed by atoms with Crippen molar-refractivity contribution < 1.29 is 22.9 Å². The molecule has 2 heterocycles. The molecule has 2 amide bonds. The third-order valence-electron chi connectivity index (χ3n) is 5.40. The average Bonchev–Trinajstić information content (AvgIpc) is 3.03. The smallest absolute Gasteiger partial charge is 0.292 e. The molecule has 0 saturated carbocycles. The van der Waals surface area contributed by atoms with Crippen LogP contribution in [0, 0.1) is 0 Å². The van der Waals surface area contributed by atoms with Gasteiger partial charge in [-0.2, -0.15) is 4.31 Å². The molecule has 1 N–H and O–H groups in total. The number of piperazine rings is 1. The molecule has 2 aromatic carbocycles. The van der Waals surface area contributed by atoms with Crippen LogP contribution in [0.2, 0.25) is 0 Å². The van der Waals surface area contributed by atoms with E-state index in [9.17, 15) is 18.0 Å². The fourth-order valence-electron chi connectivity index (χ4n) is 3.90. The van der Waals surface area contributed by atoms with Gasteiger partial charge in [-0.1, -0.05) is 36.4 Å². The second-order valence-electron chi connectivity index (χ2n) is 7.04. The van der Waals surface area contributed by atoms with Gasteiger partial charge >= 0.3 is 0 Å². The molecule has 4 rings (SSSR count). The number of amides is 2. The number of nitrogens with zero attached hydrogens (tertiary/aromatic N) is 2. The molecule has 0 unspecified atom stereocenters. The van der Waals surface area contributed by atoms with Crippen LogP contribution in [0.25, 0.3) is 0 Å². The molecule has 2 aliphatic heterocycles. The standard InChI is InChI=1S/C20H21N3O4S/c24-19-15-18(20(25)23(19)16-7-3-1-4-8-16)21-11-13-22(14-12-21)28(26,27)17-9-5-2-6-10-17/h1-10,18H,11-15H2/p+1/t18-/m0/s1. The number of carbonyl (C=O) groups excluding carboxylic acids is 2. The number of quaternary nitrogens is 1. The van der Waals surface area contributed by atoms with Gasteiger partial charge in [0.05, 0.1) is 43.2 Å². The average molecular weight is 400 g/mol. The summed E-state index contributed by atoms with van der Waals surface area (Å²) in [6.07, 6.45) is 0.161. The lowest BCUT2D eigenvalue weighted by Gasteiger charge is -2.33. The summed E-state index contributed by atoms with van der Waals surface area (Å²) in [6, 6.07) is 16.8. The van der Waals surface area contributed by atoms with E-state index >= 15 is 0 Å². The Kier molecular flexibility index (Phi) is 5.01. The fraction of sp³-hybridized carbons (Fsp3) is 0.300. The molecule has 0 radical (unpaired) electrons. The molecule has 0 bridgehead atoms. The van der Waals surface area contributed by atoms with Crippen molar-refractivity contribution in [1.29, 1.82) is 0 Å². The number of imide groups is 1. The zero-order valence-electron chi connectivity index (χ0n) is 15.3. The number of hydrogen-bond donors (Lipinski definition) is 1. The van der Waals surface area contributed by atoms with E-state index in [2.05, 4.69) is 0 Å². The van der Waals surface area contributed by atoms with Crippen LogP contribution in [0.15, 0.2) is 65.6 Å². The zero-order valence-corrected chi connectivity index (χ0v) is 16.1. The van der Waals surface area contributed by atoms with Gasteiger partial charge in [-0.15, -0.1) is 0 Å². The first-order chi connectivity index (χ1) is 13.5. The van der Waals surface area contributed by atoms with Crippen molar-refractivity contribution in [3.8, 4) is 0 Å². The number of anilines is 1. The van der Waals surface area contributed by atoms with Crippen molar-refractivity contribution in [2.75, 3.05) is 31.1 Å². The number of carbonyl (C=O) groups is 2. The molecule has 146 valence electrons. The highest BCUT2D eigenvalue weighted by Gasteiger charge is 2.47. The summed E-state index contributed by atoms with van der Waals surface area (Å²) in [5.74, 6) is -0.404. The highest BCUT2D eigenvalue weighted by atomic mass is 32.2. The fourth-order valence-corrected chi connectivity index (χ4v) is 5.37. The summed E-state index contributed by atoms with van der Waals surface area (Å²) in [5.41, 5.74) is 0.588. The van der Waals surface area contributed by atoms with Crippen LogP contribution in [0.1, 0.15) is 6.42 Å². The van der Waals surface area contributed by atoms with Gasteiger partial charge in [-0.25, -0.2) is 13.3 Å². The Bertz CT molecular complexity index is 971. The van der Waals surface area contributed by atoms with E-state index in [1.807, 2.05) is 6.07 Å². The van der Waals surface area contributed by atoms with Gasteiger partial charge in [-0.05, 0) is 24.3 Å². The minimum atomic E-state index is -3.53. The zero-order chi connectivity index (χ0) is 19.7. The quantitative estimate of drug-likeness (QED) is 0.728. The van der Waals surface area contributed by atoms with Crippen molar-refractivity contribution in [1.82, 2.24) is 4.31 Å². The van der Waals surface area contributed by atoms with Crippen molar-refractivity contribution in [2.24, 2.45) is 0 Å². The molecule has 8 heteroatoms. The van der Waals surface area contributed by atoms with Gasteiger partial charge in [0, 0.05) is 0 Å². The van der Waals surface area contributed by atoms with E-state index < -0.39 is 16.1 Å². The summed E-state index contributed by atoms with van der Waals surface area (Å²) in [7, 11) is -3.53.